The molecule has 0 spiro atoms. The highest BCUT2D eigenvalue weighted by atomic mass is 19.4. The summed E-state index contributed by atoms with van der Waals surface area (Å²) < 4.78 is 44.3. The van der Waals surface area contributed by atoms with Gasteiger partial charge in [0.05, 0.1) is 16.8 Å². The van der Waals surface area contributed by atoms with E-state index in [-0.39, 0.29) is 5.69 Å². The second-order valence-electron chi connectivity index (χ2n) is 6.73. The zero-order chi connectivity index (χ0) is 23.3. The van der Waals surface area contributed by atoms with Gasteiger partial charge in [0.1, 0.15) is 12.1 Å². The molecule has 2 aromatic carbocycles. The summed E-state index contributed by atoms with van der Waals surface area (Å²) in [5.41, 5.74) is 0.927. The van der Waals surface area contributed by atoms with E-state index in [1.54, 1.807) is 48.8 Å². The van der Waals surface area contributed by atoms with E-state index in [2.05, 4.69) is 25.6 Å². The molecule has 0 fully saturated rings. The van der Waals surface area contributed by atoms with Crippen LogP contribution in [0.2, 0.25) is 0 Å². The van der Waals surface area contributed by atoms with Gasteiger partial charge in [-0.05, 0) is 60.7 Å². The number of hydrogen-bond donors (Lipinski definition) is 2. The molecule has 10 heteroatoms. The summed E-state index contributed by atoms with van der Waals surface area (Å²) in [7, 11) is 0. The summed E-state index contributed by atoms with van der Waals surface area (Å²) in [4.78, 5) is 24.5. The van der Waals surface area contributed by atoms with Crippen molar-refractivity contribution in [1.82, 2.24) is 15.0 Å². The van der Waals surface area contributed by atoms with Crippen LogP contribution in [-0.2, 0) is 6.18 Å². The van der Waals surface area contributed by atoms with E-state index >= 15 is 0 Å². The van der Waals surface area contributed by atoms with E-state index < -0.39 is 17.8 Å². The Morgan fingerprint density at radius 1 is 0.848 bits per heavy atom. The van der Waals surface area contributed by atoms with Crippen molar-refractivity contribution >= 4 is 17.4 Å². The third kappa shape index (κ3) is 5.62. The first-order valence-corrected chi connectivity index (χ1v) is 9.63. The Bertz CT molecular complexity index is 1250. The average molecular weight is 451 g/mol. The number of ether oxygens (including phenoxy) is 1. The van der Waals surface area contributed by atoms with Gasteiger partial charge in [-0.2, -0.15) is 13.2 Å². The van der Waals surface area contributed by atoms with Crippen molar-refractivity contribution in [3.8, 4) is 22.9 Å². The molecule has 0 aliphatic heterocycles. The molecule has 0 saturated heterocycles. The van der Waals surface area contributed by atoms with Crippen LogP contribution in [0.15, 0.2) is 85.5 Å². The summed E-state index contributed by atoms with van der Waals surface area (Å²) in [6, 6.07) is 15.4. The fourth-order valence-corrected chi connectivity index (χ4v) is 2.90. The number of nitrogens with one attached hydrogen (secondary N) is 2. The number of benzene rings is 2. The fourth-order valence-electron chi connectivity index (χ4n) is 2.90. The van der Waals surface area contributed by atoms with Gasteiger partial charge in [0.2, 0.25) is 5.88 Å². The number of aromatic nitrogens is 3. The second kappa shape index (κ2) is 9.35. The highest BCUT2D eigenvalue weighted by molar-refractivity contribution is 5.99. The molecule has 0 saturated carbocycles. The first kappa shape index (κ1) is 21.8. The number of anilines is 2. The molecule has 4 aromatic rings. The van der Waals surface area contributed by atoms with Crippen LogP contribution in [0.5, 0.6) is 11.6 Å². The summed E-state index contributed by atoms with van der Waals surface area (Å²) in [6.45, 7) is 0. The van der Waals surface area contributed by atoms with E-state index in [9.17, 15) is 18.0 Å². The SMILES string of the molecule is O=C(Nc1ccc(Oc2ncccc2-c2ccncn2)cc1)Nc1cccc(C(F)(F)F)c1. The van der Waals surface area contributed by atoms with Crippen LogP contribution in [0.4, 0.5) is 29.3 Å². The molecular weight excluding hydrogens is 435 g/mol. The van der Waals surface area contributed by atoms with Crippen molar-refractivity contribution in [3.05, 3.63) is 91.0 Å². The molecule has 2 heterocycles. The lowest BCUT2D eigenvalue weighted by Crippen LogP contribution is -2.19. The molecule has 7 nitrogen and oxygen atoms in total. The van der Waals surface area contributed by atoms with Crippen molar-refractivity contribution in [2.24, 2.45) is 0 Å². The summed E-state index contributed by atoms with van der Waals surface area (Å²) in [6.07, 6.45) is 0.139. The first-order chi connectivity index (χ1) is 15.9. The zero-order valence-corrected chi connectivity index (χ0v) is 16.9. The number of carbonyl (C=O) groups excluding carboxylic acids is 1. The number of amides is 2. The minimum Gasteiger partial charge on any atom is -0.438 e. The lowest BCUT2D eigenvalue weighted by molar-refractivity contribution is -0.137. The summed E-state index contributed by atoms with van der Waals surface area (Å²) >= 11 is 0. The van der Waals surface area contributed by atoms with Crippen LogP contribution in [-0.4, -0.2) is 21.0 Å². The molecule has 2 N–H and O–H groups in total. The largest absolute Gasteiger partial charge is 0.438 e. The maximum Gasteiger partial charge on any atom is 0.416 e. The maximum atomic E-state index is 12.8. The number of rotatable bonds is 5. The molecule has 0 bridgehead atoms. The van der Waals surface area contributed by atoms with Crippen LogP contribution in [0.3, 0.4) is 0 Å². The van der Waals surface area contributed by atoms with Gasteiger partial charge in [-0.1, -0.05) is 6.07 Å². The van der Waals surface area contributed by atoms with E-state index in [1.807, 2.05) is 6.07 Å². The van der Waals surface area contributed by atoms with Gasteiger partial charge in [-0.3, -0.25) is 0 Å². The zero-order valence-electron chi connectivity index (χ0n) is 16.9. The highest BCUT2D eigenvalue weighted by Gasteiger charge is 2.30. The Hall–Kier alpha value is -4.47. The maximum absolute atomic E-state index is 12.8. The predicted molar refractivity (Wildman–Crippen MR) is 116 cm³/mol. The third-order valence-electron chi connectivity index (χ3n) is 4.40. The number of hydrogen-bond acceptors (Lipinski definition) is 5. The molecular formula is C23H16F3N5O2. The number of carbonyl (C=O) groups is 1. The lowest BCUT2D eigenvalue weighted by atomic mass is 10.2. The standard InChI is InChI=1S/C23H16F3N5O2/c24-23(25,26)15-3-1-4-17(13-15)31-22(32)30-16-6-8-18(9-7-16)33-21-19(5-2-11-28-21)20-10-12-27-14-29-20/h1-14H,(H2,30,31,32). The quantitative estimate of drug-likeness (QED) is 0.389. The van der Waals surface area contributed by atoms with Crippen molar-refractivity contribution in [1.29, 1.82) is 0 Å². The first-order valence-electron chi connectivity index (χ1n) is 9.63. The number of nitrogens with zero attached hydrogens (tertiary/aromatic N) is 3. The molecule has 2 amide bonds. The Labute approximate surface area is 186 Å². The summed E-state index contributed by atoms with van der Waals surface area (Å²) in [5, 5.41) is 4.94. The van der Waals surface area contributed by atoms with Gasteiger partial charge in [0.15, 0.2) is 0 Å². The topological polar surface area (TPSA) is 89.0 Å². The Kier molecular flexibility index (Phi) is 6.16. The van der Waals surface area contributed by atoms with Crippen LogP contribution in [0, 0.1) is 0 Å². The molecule has 0 unspecified atom stereocenters. The van der Waals surface area contributed by atoms with Crippen molar-refractivity contribution < 1.29 is 22.7 Å². The molecule has 0 aliphatic carbocycles. The van der Waals surface area contributed by atoms with E-state index in [0.29, 0.717) is 28.6 Å². The average Bonchev–Trinajstić information content (AvgIpc) is 2.81. The van der Waals surface area contributed by atoms with Gasteiger partial charge in [0, 0.05) is 23.8 Å². The molecule has 0 aliphatic rings. The van der Waals surface area contributed by atoms with E-state index in [1.165, 1.54) is 18.5 Å². The van der Waals surface area contributed by atoms with Crippen molar-refractivity contribution in [2.45, 2.75) is 6.18 Å². The molecule has 33 heavy (non-hydrogen) atoms. The second-order valence-corrected chi connectivity index (χ2v) is 6.73. The minimum absolute atomic E-state index is 0.0229. The van der Waals surface area contributed by atoms with E-state index in [4.69, 9.17) is 4.74 Å². The van der Waals surface area contributed by atoms with Crippen LogP contribution in [0.25, 0.3) is 11.3 Å². The van der Waals surface area contributed by atoms with Crippen LogP contribution >= 0.6 is 0 Å². The Morgan fingerprint density at radius 2 is 1.64 bits per heavy atom. The van der Waals surface area contributed by atoms with E-state index in [0.717, 1.165) is 12.1 Å². The Morgan fingerprint density at radius 3 is 2.36 bits per heavy atom. The van der Waals surface area contributed by atoms with Gasteiger partial charge < -0.3 is 15.4 Å². The van der Waals surface area contributed by atoms with Crippen molar-refractivity contribution in [3.63, 3.8) is 0 Å². The molecule has 0 radical (unpaired) electrons. The highest BCUT2D eigenvalue weighted by Crippen LogP contribution is 2.31. The van der Waals surface area contributed by atoms with Crippen molar-refractivity contribution in [2.75, 3.05) is 10.6 Å². The lowest BCUT2D eigenvalue weighted by Gasteiger charge is -2.12. The number of halogens is 3. The summed E-state index contributed by atoms with van der Waals surface area (Å²) in [5.74, 6) is 0.812. The normalized spacial score (nSPS) is 11.0. The van der Waals surface area contributed by atoms with Gasteiger partial charge in [0.25, 0.3) is 0 Å². The van der Waals surface area contributed by atoms with Gasteiger partial charge >= 0.3 is 12.2 Å². The molecule has 166 valence electrons. The van der Waals surface area contributed by atoms with Gasteiger partial charge in [-0.25, -0.2) is 19.7 Å². The Balaban J connectivity index is 1.41. The number of urea groups is 1. The molecule has 4 rings (SSSR count). The third-order valence-corrected chi connectivity index (χ3v) is 4.40. The van der Waals surface area contributed by atoms with Gasteiger partial charge in [-0.15, -0.1) is 0 Å². The van der Waals surface area contributed by atoms with Crippen LogP contribution < -0.4 is 15.4 Å². The smallest absolute Gasteiger partial charge is 0.416 e. The fraction of sp³-hybridized carbons (Fsp3) is 0.0435. The molecule has 0 atom stereocenters. The predicted octanol–water partition coefficient (Wildman–Crippen LogP) is 5.99. The minimum atomic E-state index is -4.50. The molecule has 2 aromatic heterocycles. The monoisotopic (exact) mass is 451 g/mol. The number of pyridine rings is 1. The van der Waals surface area contributed by atoms with Crippen LogP contribution in [0.1, 0.15) is 5.56 Å². The number of alkyl halides is 3.